The summed E-state index contributed by atoms with van der Waals surface area (Å²) in [6.07, 6.45) is -0.547. The number of para-hydroxylation sites is 1. The number of piperidine rings is 1. The molecule has 1 aromatic rings. The van der Waals surface area contributed by atoms with Crippen molar-refractivity contribution in [2.45, 2.75) is 36.4 Å². The lowest BCUT2D eigenvalue weighted by molar-refractivity contribution is -0.105. The van der Waals surface area contributed by atoms with Crippen molar-refractivity contribution < 1.29 is 13.2 Å². The van der Waals surface area contributed by atoms with Gasteiger partial charge in [-0.15, -0.1) is 11.8 Å². The van der Waals surface area contributed by atoms with Gasteiger partial charge in [-0.05, 0) is 38.6 Å². The second-order valence-corrected chi connectivity index (χ2v) is 6.43. The highest BCUT2D eigenvalue weighted by Gasteiger charge is 2.27. The van der Waals surface area contributed by atoms with Crippen LogP contribution in [0.3, 0.4) is 0 Å². The highest BCUT2D eigenvalue weighted by Crippen LogP contribution is 2.32. The molecule has 1 aliphatic rings. The van der Waals surface area contributed by atoms with Gasteiger partial charge in [-0.3, -0.25) is 0 Å². The van der Waals surface area contributed by atoms with Gasteiger partial charge in [0.2, 0.25) is 0 Å². The van der Waals surface area contributed by atoms with Crippen LogP contribution in [0.5, 0.6) is 0 Å². The summed E-state index contributed by atoms with van der Waals surface area (Å²) >= 11 is 0.840. The lowest BCUT2D eigenvalue weighted by atomic mass is 10.0. The fraction of sp³-hybridized carbons (Fsp3) is 0.600. The standard InChI is InChI=1S/C15H21F3N2S/c1-20-9-5-4-6-12(20)10-19-13-7-2-3-8-14(13)21-11-15(16,17)18/h2-3,7-8,12,19H,4-6,9-11H2,1H3. The zero-order valence-corrected chi connectivity index (χ0v) is 12.9. The van der Waals surface area contributed by atoms with Crippen LogP contribution in [0.2, 0.25) is 0 Å². The summed E-state index contributed by atoms with van der Waals surface area (Å²) in [5.41, 5.74) is 0.797. The molecule has 1 aliphatic heterocycles. The van der Waals surface area contributed by atoms with E-state index in [9.17, 15) is 13.2 Å². The molecule has 1 aromatic carbocycles. The van der Waals surface area contributed by atoms with E-state index in [2.05, 4.69) is 17.3 Å². The summed E-state index contributed by atoms with van der Waals surface area (Å²) in [7, 11) is 2.11. The molecule has 0 aromatic heterocycles. The number of nitrogens with one attached hydrogen (secondary N) is 1. The van der Waals surface area contributed by atoms with E-state index < -0.39 is 11.9 Å². The number of halogens is 3. The van der Waals surface area contributed by atoms with E-state index in [1.54, 1.807) is 12.1 Å². The molecule has 1 atom stereocenters. The van der Waals surface area contributed by atoms with Crippen molar-refractivity contribution >= 4 is 17.4 Å². The minimum Gasteiger partial charge on any atom is -0.383 e. The maximum absolute atomic E-state index is 12.4. The molecule has 1 N–H and O–H groups in total. The Bertz CT molecular complexity index is 451. The van der Waals surface area contributed by atoms with Gasteiger partial charge in [0.15, 0.2) is 0 Å². The third-order valence-corrected chi connectivity index (χ3v) is 4.87. The predicted molar refractivity (Wildman–Crippen MR) is 82.0 cm³/mol. The van der Waals surface area contributed by atoms with Gasteiger partial charge in [-0.1, -0.05) is 18.6 Å². The number of nitrogens with zero attached hydrogens (tertiary/aromatic N) is 1. The molecule has 0 amide bonds. The van der Waals surface area contributed by atoms with Crippen LogP contribution in [0.1, 0.15) is 19.3 Å². The van der Waals surface area contributed by atoms with Crippen molar-refractivity contribution in [2.24, 2.45) is 0 Å². The maximum atomic E-state index is 12.4. The summed E-state index contributed by atoms with van der Waals surface area (Å²) in [6, 6.07) is 7.67. The molecule has 1 heterocycles. The van der Waals surface area contributed by atoms with Gasteiger partial charge in [0.1, 0.15) is 0 Å². The van der Waals surface area contributed by atoms with Gasteiger partial charge in [-0.25, -0.2) is 0 Å². The lowest BCUT2D eigenvalue weighted by Gasteiger charge is -2.33. The van der Waals surface area contributed by atoms with Gasteiger partial charge >= 0.3 is 6.18 Å². The molecule has 1 unspecified atom stereocenters. The van der Waals surface area contributed by atoms with Gasteiger partial charge in [0.25, 0.3) is 0 Å². The van der Waals surface area contributed by atoms with Gasteiger partial charge in [-0.2, -0.15) is 13.2 Å². The number of likely N-dealkylation sites (tertiary alicyclic amines) is 1. The minimum absolute atomic E-state index is 0.458. The molecule has 21 heavy (non-hydrogen) atoms. The molecule has 2 nitrogen and oxygen atoms in total. The van der Waals surface area contributed by atoms with Crippen molar-refractivity contribution in [3.63, 3.8) is 0 Å². The zero-order chi connectivity index (χ0) is 15.3. The van der Waals surface area contributed by atoms with E-state index in [1.165, 1.54) is 12.8 Å². The smallest absolute Gasteiger partial charge is 0.383 e. The topological polar surface area (TPSA) is 15.3 Å². The van der Waals surface area contributed by atoms with Crippen LogP contribution >= 0.6 is 11.8 Å². The first-order valence-electron chi connectivity index (χ1n) is 7.18. The Morgan fingerprint density at radius 2 is 2.05 bits per heavy atom. The van der Waals surface area contributed by atoms with Crippen molar-refractivity contribution in [2.75, 3.05) is 31.2 Å². The summed E-state index contributed by atoms with van der Waals surface area (Å²) in [6.45, 7) is 1.87. The highest BCUT2D eigenvalue weighted by molar-refractivity contribution is 7.99. The van der Waals surface area contributed by atoms with Crippen LogP contribution in [0.4, 0.5) is 18.9 Å². The monoisotopic (exact) mass is 318 g/mol. The van der Waals surface area contributed by atoms with Crippen LogP contribution in [0.25, 0.3) is 0 Å². The van der Waals surface area contributed by atoms with Crippen LogP contribution in [-0.4, -0.2) is 43.0 Å². The van der Waals surface area contributed by atoms with Crippen molar-refractivity contribution in [3.05, 3.63) is 24.3 Å². The second kappa shape index (κ2) is 7.40. The number of likely N-dealkylation sites (N-methyl/N-ethyl adjacent to an activating group) is 1. The van der Waals surface area contributed by atoms with Crippen LogP contribution in [-0.2, 0) is 0 Å². The Kier molecular flexibility index (Phi) is 5.81. The first-order valence-corrected chi connectivity index (χ1v) is 8.17. The van der Waals surface area contributed by atoms with Crippen molar-refractivity contribution in [1.82, 2.24) is 4.90 Å². The van der Waals surface area contributed by atoms with Gasteiger partial charge < -0.3 is 10.2 Å². The molecule has 1 saturated heterocycles. The zero-order valence-electron chi connectivity index (χ0n) is 12.1. The van der Waals surface area contributed by atoms with E-state index in [0.29, 0.717) is 10.9 Å². The molecule has 2 rings (SSSR count). The number of alkyl halides is 3. The fourth-order valence-corrected chi connectivity index (χ4v) is 3.32. The lowest BCUT2D eigenvalue weighted by Crippen LogP contribution is -2.40. The minimum atomic E-state index is -4.14. The van der Waals surface area contributed by atoms with E-state index >= 15 is 0 Å². The van der Waals surface area contributed by atoms with E-state index in [4.69, 9.17) is 0 Å². The summed E-state index contributed by atoms with van der Waals surface area (Å²) in [4.78, 5) is 2.98. The maximum Gasteiger partial charge on any atom is 0.398 e. The van der Waals surface area contributed by atoms with E-state index in [0.717, 1.165) is 37.0 Å². The van der Waals surface area contributed by atoms with Crippen molar-refractivity contribution in [3.8, 4) is 0 Å². The first-order chi connectivity index (χ1) is 9.96. The molecule has 118 valence electrons. The Morgan fingerprint density at radius 3 is 2.76 bits per heavy atom. The molecular weight excluding hydrogens is 297 g/mol. The molecule has 0 spiro atoms. The summed E-state index contributed by atoms with van der Waals surface area (Å²) in [5, 5.41) is 3.32. The normalized spacial score (nSPS) is 20.5. The molecule has 6 heteroatoms. The molecule has 1 fully saturated rings. The third-order valence-electron chi connectivity index (χ3n) is 3.73. The SMILES string of the molecule is CN1CCCCC1CNc1ccccc1SCC(F)(F)F. The van der Waals surface area contributed by atoms with Crippen LogP contribution in [0, 0.1) is 0 Å². The Balaban J connectivity index is 1.93. The molecular formula is C15H21F3N2S. The fourth-order valence-electron chi connectivity index (χ4n) is 2.53. The largest absolute Gasteiger partial charge is 0.398 e. The van der Waals surface area contributed by atoms with Gasteiger partial charge in [0, 0.05) is 23.2 Å². The number of hydrogen-bond donors (Lipinski definition) is 1. The van der Waals surface area contributed by atoms with E-state index in [1.807, 2.05) is 12.1 Å². The average Bonchev–Trinajstić information content (AvgIpc) is 2.44. The highest BCUT2D eigenvalue weighted by atomic mass is 32.2. The average molecular weight is 318 g/mol. The number of thioether (sulfide) groups is 1. The van der Waals surface area contributed by atoms with Crippen molar-refractivity contribution in [1.29, 1.82) is 0 Å². The predicted octanol–water partition coefficient (Wildman–Crippen LogP) is 4.24. The number of benzene rings is 1. The molecule has 0 saturated carbocycles. The quantitative estimate of drug-likeness (QED) is 0.818. The first kappa shape index (κ1) is 16.5. The molecule has 0 bridgehead atoms. The number of hydrogen-bond acceptors (Lipinski definition) is 3. The second-order valence-electron chi connectivity index (χ2n) is 5.41. The van der Waals surface area contributed by atoms with E-state index in [-0.39, 0.29) is 0 Å². The Hall–Kier alpha value is -0.880. The van der Waals surface area contributed by atoms with Crippen LogP contribution < -0.4 is 5.32 Å². The van der Waals surface area contributed by atoms with Gasteiger partial charge in [0.05, 0.1) is 5.75 Å². The number of rotatable bonds is 5. The molecule has 0 aliphatic carbocycles. The summed E-state index contributed by atoms with van der Waals surface area (Å²) in [5.74, 6) is -0.852. The summed E-state index contributed by atoms with van der Waals surface area (Å²) < 4.78 is 37.1. The Labute approximate surface area is 128 Å². The molecule has 0 radical (unpaired) electrons. The number of anilines is 1. The third kappa shape index (κ3) is 5.43. The Morgan fingerprint density at radius 1 is 1.29 bits per heavy atom. The van der Waals surface area contributed by atoms with Crippen LogP contribution in [0.15, 0.2) is 29.2 Å².